The van der Waals surface area contributed by atoms with Crippen LogP contribution in [-0.2, 0) is 9.59 Å². The van der Waals surface area contributed by atoms with Gasteiger partial charge in [0, 0.05) is 5.56 Å². The number of alkyl halides is 3. The van der Waals surface area contributed by atoms with Crippen molar-refractivity contribution in [3.63, 3.8) is 0 Å². The molecule has 2 atom stereocenters. The summed E-state index contributed by atoms with van der Waals surface area (Å²) in [6.07, 6.45) is 4.98. The zero-order valence-corrected chi connectivity index (χ0v) is 25.4. The molecule has 2 aromatic heterocycles. The average molecular weight is 631 g/mol. The van der Waals surface area contributed by atoms with Crippen molar-refractivity contribution in [1.29, 1.82) is 0 Å². The van der Waals surface area contributed by atoms with E-state index in [4.69, 9.17) is 0 Å². The van der Waals surface area contributed by atoms with Gasteiger partial charge in [-0.15, -0.1) is 0 Å². The number of nitrogens with zero attached hydrogens (tertiary/aromatic N) is 6. The minimum absolute atomic E-state index is 0.140. The van der Waals surface area contributed by atoms with Crippen LogP contribution in [0.3, 0.4) is 0 Å². The number of hydrogen-bond acceptors (Lipinski definition) is 6. The van der Waals surface area contributed by atoms with Crippen LogP contribution in [0.2, 0.25) is 0 Å². The Bertz CT molecular complexity index is 1350. The van der Waals surface area contributed by atoms with Crippen molar-refractivity contribution < 1.29 is 28.0 Å². The van der Waals surface area contributed by atoms with E-state index >= 15 is 0 Å². The van der Waals surface area contributed by atoms with Crippen LogP contribution in [0.4, 0.5) is 0 Å². The molecule has 0 radical (unpaired) electrons. The molecule has 1 N–H and O–H groups in total. The van der Waals surface area contributed by atoms with Gasteiger partial charge in [-0.25, -0.2) is 0 Å². The maximum absolute atomic E-state index is 13.7. The molecule has 0 unspecified atom stereocenters. The Hall–Kier alpha value is -3.15. The van der Waals surface area contributed by atoms with Gasteiger partial charge >= 0.3 is 171 Å². The zero-order chi connectivity index (χ0) is 27.6. The fraction of sp³-hybridized carbons (Fsp3) is 0.429. The van der Waals surface area contributed by atoms with Gasteiger partial charge in [-0.2, -0.15) is 10.2 Å². The number of carbonyl (C=O) groups is 2. The summed E-state index contributed by atoms with van der Waals surface area (Å²) >= 11 is -2.12. The fourth-order valence-electron chi connectivity index (χ4n) is 4.62. The quantitative estimate of drug-likeness (QED) is 0.230. The molecule has 1 saturated heterocycles. The summed E-state index contributed by atoms with van der Waals surface area (Å²) in [7, 11) is 0. The van der Waals surface area contributed by atoms with Crippen molar-refractivity contribution in [3.8, 4) is 11.1 Å². The molecule has 10 heteroatoms. The van der Waals surface area contributed by atoms with Gasteiger partial charge < -0.3 is 0 Å². The van der Waals surface area contributed by atoms with E-state index in [-0.39, 0.29) is 17.9 Å². The van der Waals surface area contributed by atoms with Crippen molar-refractivity contribution in [3.05, 3.63) is 63.3 Å². The van der Waals surface area contributed by atoms with Crippen molar-refractivity contribution >= 4 is 17.5 Å². The van der Waals surface area contributed by atoms with E-state index in [1.54, 1.807) is 15.8 Å². The summed E-state index contributed by atoms with van der Waals surface area (Å²) in [5, 5.41) is 19.8. The van der Waals surface area contributed by atoms with E-state index in [2.05, 4.69) is 40.6 Å². The number of nitrogens with one attached hydrogen (secondary N) is 1. The van der Waals surface area contributed by atoms with E-state index in [0.717, 1.165) is 38.1 Å². The second-order valence-corrected chi connectivity index (χ2v) is 21.4. The molecule has 38 heavy (non-hydrogen) atoms. The maximum atomic E-state index is 13.7. The van der Waals surface area contributed by atoms with Gasteiger partial charge in [-0.3, -0.25) is 0 Å². The molecule has 0 saturated carbocycles. The van der Waals surface area contributed by atoms with Crippen molar-refractivity contribution in [2.75, 3.05) is 21.3 Å². The predicted molar refractivity (Wildman–Crippen MR) is 145 cm³/mol. The van der Waals surface area contributed by atoms with E-state index in [0.29, 0.717) is 18.7 Å². The van der Waals surface area contributed by atoms with Gasteiger partial charge in [0.05, 0.1) is 11.9 Å². The van der Waals surface area contributed by atoms with Gasteiger partial charge in [0.1, 0.15) is 0 Å². The van der Waals surface area contributed by atoms with Crippen LogP contribution in [0.1, 0.15) is 50.9 Å². The van der Waals surface area contributed by atoms with Crippen LogP contribution in [0.15, 0.2) is 48.3 Å². The van der Waals surface area contributed by atoms with Crippen LogP contribution >= 0.6 is 0 Å². The molecule has 204 valence electrons. The Balaban J connectivity index is 1.47. The first-order valence-corrected chi connectivity index (χ1v) is 20.2. The van der Waals surface area contributed by atoms with E-state index in [9.17, 15) is 9.59 Å². The van der Waals surface area contributed by atoms with Gasteiger partial charge in [-0.05, 0) is 18.6 Å². The van der Waals surface area contributed by atoms with Gasteiger partial charge in [0.25, 0.3) is 0 Å². The van der Waals surface area contributed by atoms with Crippen LogP contribution in [0.25, 0.3) is 16.8 Å². The van der Waals surface area contributed by atoms with Crippen molar-refractivity contribution in [2.24, 2.45) is 0 Å². The molecule has 0 aliphatic carbocycles. The van der Waals surface area contributed by atoms with Crippen LogP contribution in [-0.4, -0.2) is 69.3 Å². The third-order valence-electron chi connectivity index (χ3n) is 6.75. The third kappa shape index (κ3) is 5.95. The zero-order valence-electron chi connectivity index (χ0n) is 23.2. The van der Waals surface area contributed by atoms with Gasteiger partial charge in [-0.1, -0.05) is 12.1 Å². The number of rotatable bonds is 7. The Morgan fingerprint density at radius 2 is 1.79 bits per heavy atom. The topological polar surface area (TPSA) is 106 Å². The molecule has 0 spiro atoms. The normalized spacial score (nSPS) is 16.7. The molecule has 1 aliphatic rings. The Labute approximate surface area is 228 Å². The number of carbonyl (C=O) groups excluding carboxylic acids is 2. The number of allylic oxidation sites excluding steroid dienone is 1. The van der Waals surface area contributed by atoms with Crippen molar-refractivity contribution in [2.45, 2.75) is 52.6 Å². The number of amides is 2. The summed E-state index contributed by atoms with van der Waals surface area (Å²) in [4.78, 5) is 35.5. The van der Waals surface area contributed by atoms with E-state index < -0.39 is 24.5 Å². The van der Waals surface area contributed by atoms with Crippen LogP contribution in [0.5, 0.6) is 0 Å². The molecular weight excluding hydrogens is 593 g/mol. The molecule has 9 nitrogen and oxygen atoms in total. The molecule has 1 aromatic carbocycles. The van der Waals surface area contributed by atoms with Crippen LogP contribution < -0.4 is 23.8 Å². The predicted octanol–water partition coefficient (Wildman–Crippen LogP) is 0.382. The number of aromatic nitrogens is 5. The summed E-state index contributed by atoms with van der Waals surface area (Å²) in [6.45, 7) is 8.22. The average Bonchev–Trinajstić information content (AvgIpc) is 3.55. The standard InChI is InChI=1S/C28H37IN7O2/c1-18(2)26(36-17-25(33-34-36)29(5,6)7)28(38)35-16-8-9-24(35)27(37)31-19(3)21-10-12-22(13-11-21)23-14-15-30-32-20(23)4/h10-15,17,19,24H,8-9,16H2,1-7H3,(H,31,37)/q-1/t19-,24-/m0/s1. The molecular formula is C28H37IN7O2-. The first kappa shape index (κ1) is 27.9. The molecule has 3 heterocycles. The first-order valence-electron chi connectivity index (χ1n) is 12.7. The molecule has 1 fully saturated rings. The molecule has 4 rings (SSSR count). The second kappa shape index (κ2) is 11.3. The fourth-order valence-corrected chi connectivity index (χ4v) is 6.47. The SMILES string of the molecule is CC(C)=C(C(=O)N1CCC[C@H]1C(=O)N[C@@H](C)c1ccc(-c2ccnnc2C)cc1)n1cc([I-](C)(C)C)nn1. The summed E-state index contributed by atoms with van der Waals surface area (Å²) in [6, 6.07) is 9.31. The summed E-state index contributed by atoms with van der Waals surface area (Å²) < 4.78 is 2.58. The van der Waals surface area contributed by atoms with Crippen LogP contribution in [0, 0.1) is 10.6 Å². The number of aryl methyl sites for hydroxylation is 1. The summed E-state index contributed by atoms with van der Waals surface area (Å²) in [5.74, 6) is -0.323. The Kier molecular flexibility index (Phi) is 8.29. The second-order valence-electron chi connectivity index (χ2n) is 10.6. The number of likely N-dealkylation sites (tertiary alicyclic amines) is 1. The van der Waals surface area contributed by atoms with E-state index in [1.807, 2.05) is 64.2 Å². The third-order valence-corrected chi connectivity index (χ3v) is 10.6. The van der Waals surface area contributed by atoms with Crippen molar-refractivity contribution in [1.82, 2.24) is 35.4 Å². The van der Waals surface area contributed by atoms with Gasteiger partial charge in [0.2, 0.25) is 0 Å². The molecule has 2 amide bonds. The number of halogens is 1. The summed E-state index contributed by atoms with van der Waals surface area (Å²) in [5.41, 5.74) is 5.25. The Morgan fingerprint density at radius 3 is 2.39 bits per heavy atom. The van der Waals surface area contributed by atoms with Gasteiger partial charge in [0.15, 0.2) is 0 Å². The van der Waals surface area contributed by atoms with E-state index in [1.165, 1.54) is 0 Å². The first-order chi connectivity index (χ1) is 18.0. The molecule has 0 bridgehead atoms. The minimum atomic E-state index is -2.12. The number of hydrogen-bond donors (Lipinski definition) is 1. The monoisotopic (exact) mass is 630 g/mol. The Morgan fingerprint density at radius 1 is 1.08 bits per heavy atom. The molecule has 3 aromatic rings. The molecule has 1 aliphatic heterocycles. The number of benzene rings is 1.